The fourth-order valence-electron chi connectivity index (χ4n) is 2.55. The number of amides is 4. The highest BCUT2D eigenvalue weighted by atomic mass is 19.1. The molecular formula is C19H16FN3O3. The monoisotopic (exact) mass is 353 g/mol. The van der Waals surface area contributed by atoms with E-state index in [2.05, 4.69) is 10.3 Å². The number of nitrogens with one attached hydrogen (secondary N) is 1. The molecule has 2 aromatic rings. The van der Waals surface area contributed by atoms with Crippen LogP contribution in [0.15, 0.2) is 47.5 Å². The van der Waals surface area contributed by atoms with Crippen LogP contribution in [-0.2, 0) is 9.59 Å². The minimum Gasteiger partial charge on any atom is -0.276 e. The molecule has 132 valence electrons. The lowest BCUT2D eigenvalue weighted by Crippen LogP contribution is -2.58. The number of imide groups is 2. The fourth-order valence-corrected chi connectivity index (χ4v) is 2.55. The Bertz CT molecular complexity index is 939. The van der Waals surface area contributed by atoms with E-state index in [4.69, 9.17) is 0 Å². The Morgan fingerprint density at radius 2 is 1.81 bits per heavy atom. The summed E-state index contributed by atoms with van der Waals surface area (Å²) in [6.07, 6.45) is 1.17. The molecule has 4 amide bonds. The van der Waals surface area contributed by atoms with E-state index in [1.165, 1.54) is 24.4 Å². The Hall–Kier alpha value is -3.35. The predicted octanol–water partition coefficient (Wildman–Crippen LogP) is 3.04. The topological polar surface area (TPSA) is 78.8 Å². The number of aliphatic imine (C=N–C) groups is 1. The van der Waals surface area contributed by atoms with E-state index in [0.29, 0.717) is 10.6 Å². The van der Waals surface area contributed by atoms with Gasteiger partial charge in [-0.05, 0) is 49.2 Å². The first-order chi connectivity index (χ1) is 12.4. The molecule has 1 heterocycles. The molecule has 7 heteroatoms. The van der Waals surface area contributed by atoms with Gasteiger partial charge in [0, 0.05) is 6.21 Å². The molecule has 0 bridgehead atoms. The van der Waals surface area contributed by atoms with Crippen molar-refractivity contribution in [1.29, 1.82) is 0 Å². The summed E-state index contributed by atoms with van der Waals surface area (Å²) in [5.74, 6) is -3.71. The van der Waals surface area contributed by atoms with Crippen LogP contribution in [0.3, 0.4) is 0 Å². The maximum atomic E-state index is 14.0. The van der Waals surface area contributed by atoms with Gasteiger partial charge in [-0.2, -0.15) is 0 Å². The number of rotatable bonds is 3. The molecule has 1 atom stereocenters. The van der Waals surface area contributed by atoms with Gasteiger partial charge in [-0.3, -0.25) is 19.9 Å². The summed E-state index contributed by atoms with van der Waals surface area (Å²) in [5.41, 5.74) is 2.46. The van der Waals surface area contributed by atoms with Gasteiger partial charge >= 0.3 is 6.03 Å². The highest BCUT2D eigenvalue weighted by Gasteiger charge is 2.41. The van der Waals surface area contributed by atoms with Crippen LogP contribution >= 0.6 is 0 Å². The second-order valence-corrected chi connectivity index (χ2v) is 5.94. The molecule has 0 aromatic heterocycles. The molecule has 26 heavy (non-hydrogen) atoms. The number of hydrogen-bond donors (Lipinski definition) is 1. The lowest BCUT2D eigenvalue weighted by atomic mass is 10.1. The van der Waals surface area contributed by atoms with Gasteiger partial charge < -0.3 is 0 Å². The zero-order valence-corrected chi connectivity index (χ0v) is 14.2. The lowest BCUT2D eigenvalue weighted by Gasteiger charge is -2.28. The van der Waals surface area contributed by atoms with E-state index in [-0.39, 0.29) is 5.69 Å². The third-order valence-electron chi connectivity index (χ3n) is 4.16. The minimum atomic E-state index is -1.33. The molecule has 6 nitrogen and oxygen atoms in total. The highest BCUT2D eigenvalue weighted by molar-refractivity contribution is 6.32. The standard InChI is InChI=1S/C19H16FN3O3/c1-11-7-8-13(9-12(11)2)21-10-14-17(24)22-19(26)23(18(14)25)16-6-4-3-5-15(16)20/h3-10,14H,1-2H3,(H,22,24,26)/t14-/m0/s1. The van der Waals surface area contributed by atoms with Gasteiger partial charge in [0.2, 0.25) is 5.91 Å². The first-order valence-corrected chi connectivity index (χ1v) is 7.93. The van der Waals surface area contributed by atoms with Crippen LogP contribution in [0.1, 0.15) is 11.1 Å². The van der Waals surface area contributed by atoms with Crippen molar-refractivity contribution in [2.24, 2.45) is 10.9 Å². The molecule has 1 N–H and O–H groups in total. The third kappa shape index (κ3) is 3.23. The largest absolute Gasteiger partial charge is 0.335 e. The number of aryl methyl sites for hydroxylation is 2. The normalized spacial score (nSPS) is 17.7. The fraction of sp³-hybridized carbons (Fsp3) is 0.158. The van der Waals surface area contributed by atoms with Gasteiger partial charge in [0.1, 0.15) is 5.82 Å². The van der Waals surface area contributed by atoms with Gasteiger partial charge in [0.15, 0.2) is 5.92 Å². The number of barbiturate groups is 1. The summed E-state index contributed by atoms with van der Waals surface area (Å²) in [7, 11) is 0. The van der Waals surface area contributed by atoms with Gasteiger partial charge in [-0.1, -0.05) is 18.2 Å². The summed E-state index contributed by atoms with van der Waals surface area (Å²) >= 11 is 0. The number of para-hydroxylation sites is 1. The Labute approximate surface area is 149 Å². The van der Waals surface area contributed by atoms with Crippen molar-refractivity contribution in [2.45, 2.75) is 13.8 Å². The van der Waals surface area contributed by atoms with Gasteiger partial charge in [-0.15, -0.1) is 0 Å². The smallest absolute Gasteiger partial charge is 0.276 e. The number of hydrogen-bond acceptors (Lipinski definition) is 4. The second kappa shape index (κ2) is 6.87. The third-order valence-corrected chi connectivity index (χ3v) is 4.16. The molecule has 1 saturated heterocycles. The van der Waals surface area contributed by atoms with Crippen LogP contribution in [-0.4, -0.2) is 24.1 Å². The zero-order chi connectivity index (χ0) is 18.8. The van der Waals surface area contributed by atoms with Gasteiger partial charge in [0.25, 0.3) is 5.91 Å². The number of carbonyl (C=O) groups is 3. The molecule has 1 aliphatic rings. The number of urea groups is 1. The number of anilines is 1. The van der Waals surface area contributed by atoms with E-state index in [1.807, 2.05) is 26.0 Å². The quantitative estimate of drug-likeness (QED) is 0.680. The molecule has 0 aliphatic carbocycles. The zero-order valence-electron chi connectivity index (χ0n) is 14.2. The van der Waals surface area contributed by atoms with Crippen LogP contribution in [0.4, 0.5) is 20.6 Å². The van der Waals surface area contributed by atoms with Crippen molar-refractivity contribution in [3.05, 3.63) is 59.4 Å². The van der Waals surface area contributed by atoms with Crippen LogP contribution in [0, 0.1) is 25.6 Å². The maximum Gasteiger partial charge on any atom is 0.335 e. The number of halogens is 1. The van der Waals surface area contributed by atoms with Crippen molar-refractivity contribution in [3.8, 4) is 0 Å². The van der Waals surface area contributed by atoms with Crippen LogP contribution in [0.2, 0.25) is 0 Å². The molecule has 1 aliphatic heterocycles. The number of benzene rings is 2. The summed E-state index contributed by atoms with van der Waals surface area (Å²) in [5, 5.41) is 2.06. The van der Waals surface area contributed by atoms with Gasteiger partial charge in [0.05, 0.1) is 11.4 Å². The Kier molecular flexibility index (Phi) is 4.62. The van der Waals surface area contributed by atoms with Crippen molar-refractivity contribution in [2.75, 3.05) is 4.90 Å². The van der Waals surface area contributed by atoms with Crippen LogP contribution in [0.25, 0.3) is 0 Å². The van der Waals surface area contributed by atoms with Crippen molar-refractivity contribution in [1.82, 2.24) is 5.32 Å². The second-order valence-electron chi connectivity index (χ2n) is 5.94. The van der Waals surface area contributed by atoms with E-state index >= 15 is 0 Å². The van der Waals surface area contributed by atoms with Crippen molar-refractivity contribution >= 4 is 35.4 Å². The van der Waals surface area contributed by atoms with Crippen molar-refractivity contribution < 1.29 is 18.8 Å². The molecule has 3 rings (SSSR count). The first kappa shape index (κ1) is 17.5. The summed E-state index contributed by atoms with van der Waals surface area (Å²) in [6.45, 7) is 3.88. The highest BCUT2D eigenvalue weighted by Crippen LogP contribution is 2.24. The van der Waals surface area contributed by atoms with Crippen LogP contribution in [0.5, 0.6) is 0 Å². The van der Waals surface area contributed by atoms with Crippen LogP contribution < -0.4 is 10.2 Å². The first-order valence-electron chi connectivity index (χ1n) is 7.93. The molecule has 1 fully saturated rings. The lowest BCUT2D eigenvalue weighted by molar-refractivity contribution is -0.131. The Morgan fingerprint density at radius 3 is 2.50 bits per heavy atom. The van der Waals surface area contributed by atoms with Gasteiger partial charge in [-0.25, -0.2) is 14.1 Å². The SMILES string of the molecule is Cc1ccc(N=C[C@H]2C(=O)NC(=O)N(c3ccccc3F)C2=O)cc1C. The van der Waals surface area contributed by atoms with E-state index in [0.717, 1.165) is 17.2 Å². The summed E-state index contributed by atoms with van der Waals surface area (Å²) in [4.78, 5) is 41.5. The number of carbonyl (C=O) groups excluding carboxylic acids is 3. The minimum absolute atomic E-state index is 0.216. The van der Waals surface area contributed by atoms with E-state index in [9.17, 15) is 18.8 Å². The summed E-state index contributed by atoms with van der Waals surface area (Å²) in [6, 6.07) is 9.81. The maximum absolute atomic E-state index is 14.0. The predicted molar refractivity (Wildman–Crippen MR) is 95.0 cm³/mol. The molecule has 0 unspecified atom stereocenters. The average Bonchev–Trinajstić information content (AvgIpc) is 2.59. The molecule has 0 saturated carbocycles. The Balaban J connectivity index is 1.91. The molecule has 0 radical (unpaired) electrons. The van der Waals surface area contributed by atoms with Crippen molar-refractivity contribution in [3.63, 3.8) is 0 Å². The van der Waals surface area contributed by atoms with E-state index in [1.54, 1.807) is 6.07 Å². The summed E-state index contributed by atoms with van der Waals surface area (Å²) < 4.78 is 14.0. The average molecular weight is 353 g/mol. The molecule has 2 aromatic carbocycles. The van der Waals surface area contributed by atoms with E-state index < -0.39 is 29.6 Å². The molecule has 0 spiro atoms. The number of nitrogens with zero attached hydrogens (tertiary/aromatic N) is 2. The molecular weight excluding hydrogens is 337 g/mol. The Morgan fingerprint density at radius 1 is 1.08 bits per heavy atom.